The van der Waals surface area contributed by atoms with Gasteiger partial charge in [-0.15, -0.1) is 11.8 Å². The van der Waals surface area contributed by atoms with E-state index in [4.69, 9.17) is 5.73 Å². The Bertz CT molecular complexity index is 466. The fraction of sp³-hybridized carbons (Fsp3) is 0.562. The summed E-state index contributed by atoms with van der Waals surface area (Å²) >= 11 is 1.69. The molecule has 0 bridgehead atoms. The Kier molecular flexibility index (Phi) is 4.32. The number of fused-ring (bicyclic) bond motifs is 1. The minimum absolute atomic E-state index is 0.0165. The highest BCUT2D eigenvalue weighted by atomic mass is 32.2. The Hall–Kier alpha value is -1.00. The maximum Gasteiger partial charge on any atom is 0.234 e. The molecule has 3 unspecified atom stereocenters. The molecular formula is C16H22N2OS. The first-order valence-corrected chi connectivity index (χ1v) is 8.42. The quantitative estimate of drug-likeness (QED) is 0.823. The van der Waals surface area contributed by atoms with Crippen LogP contribution in [0, 0.1) is 0 Å². The lowest BCUT2D eigenvalue weighted by molar-refractivity contribution is -0.121. The number of carbonyl (C=O) groups is 1. The molecule has 1 aliphatic heterocycles. The fourth-order valence-electron chi connectivity index (χ4n) is 3.12. The van der Waals surface area contributed by atoms with Crippen LogP contribution in [0.5, 0.6) is 0 Å². The Morgan fingerprint density at radius 3 is 2.85 bits per heavy atom. The largest absolute Gasteiger partial charge is 0.351 e. The van der Waals surface area contributed by atoms with Crippen molar-refractivity contribution in [3.8, 4) is 0 Å². The maximum atomic E-state index is 12.5. The molecule has 20 heavy (non-hydrogen) atoms. The molecule has 1 heterocycles. The van der Waals surface area contributed by atoms with Gasteiger partial charge in [0.1, 0.15) is 0 Å². The molecule has 1 fully saturated rings. The SMILES string of the molecule is NC1CCCCCC1NC(=O)C1Cc2ccccc2S1. The first-order valence-electron chi connectivity index (χ1n) is 7.54. The topological polar surface area (TPSA) is 55.1 Å². The van der Waals surface area contributed by atoms with E-state index >= 15 is 0 Å². The van der Waals surface area contributed by atoms with Crippen molar-refractivity contribution in [1.29, 1.82) is 0 Å². The number of amides is 1. The number of benzene rings is 1. The summed E-state index contributed by atoms with van der Waals surface area (Å²) in [5, 5.41) is 3.22. The molecule has 0 aromatic heterocycles. The fourth-order valence-corrected chi connectivity index (χ4v) is 4.32. The summed E-state index contributed by atoms with van der Waals surface area (Å²) in [4.78, 5) is 13.7. The molecule has 3 N–H and O–H groups in total. The standard InChI is InChI=1S/C16H22N2OS/c17-12-7-2-1-3-8-13(12)18-16(19)15-10-11-6-4-5-9-14(11)20-15/h4-6,9,12-13,15H,1-3,7-8,10,17H2,(H,18,19). The molecule has 0 radical (unpaired) electrons. The van der Waals surface area contributed by atoms with Crippen LogP contribution >= 0.6 is 11.8 Å². The van der Waals surface area contributed by atoms with E-state index in [1.54, 1.807) is 11.8 Å². The second-order valence-electron chi connectivity index (χ2n) is 5.84. The summed E-state index contributed by atoms with van der Waals surface area (Å²) in [6, 6.07) is 8.58. The summed E-state index contributed by atoms with van der Waals surface area (Å²) in [6.07, 6.45) is 6.51. The summed E-state index contributed by atoms with van der Waals surface area (Å²) in [7, 11) is 0. The van der Waals surface area contributed by atoms with Gasteiger partial charge in [0.25, 0.3) is 0 Å². The van der Waals surface area contributed by atoms with Gasteiger partial charge in [0, 0.05) is 17.0 Å². The van der Waals surface area contributed by atoms with Gasteiger partial charge in [-0.1, -0.05) is 37.5 Å². The maximum absolute atomic E-state index is 12.5. The average Bonchev–Trinajstić information content (AvgIpc) is 2.79. The average molecular weight is 290 g/mol. The lowest BCUT2D eigenvalue weighted by atomic mass is 10.0. The molecule has 1 amide bonds. The van der Waals surface area contributed by atoms with E-state index in [0.29, 0.717) is 0 Å². The van der Waals surface area contributed by atoms with Crippen molar-refractivity contribution in [3.63, 3.8) is 0 Å². The van der Waals surface area contributed by atoms with Crippen molar-refractivity contribution >= 4 is 17.7 Å². The van der Waals surface area contributed by atoms with Gasteiger partial charge in [0.05, 0.1) is 5.25 Å². The second-order valence-corrected chi connectivity index (χ2v) is 7.08. The second kappa shape index (κ2) is 6.19. The zero-order valence-electron chi connectivity index (χ0n) is 11.7. The van der Waals surface area contributed by atoms with Crippen LogP contribution in [0.3, 0.4) is 0 Å². The van der Waals surface area contributed by atoms with Gasteiger partial charge in [-0.25, -0.2) is 0 Å². The van der Waals surface area contributed by atoms with Crippen molar-refractivity contribution < 1.29 is 4.79 Å². The first kappa shape index (κ1) is 14.0. The molecule has 2 aliphatic rings. The third-order valence-electron chi connectivity index (χ3n) is 4.34. The van der Waals surface area contributed by atoms with Crippen LogP contribution in [-0.4, -0.2) is 23.2 Å². The van der Waals surface area contributed by atoms with Gasteiger partial charge < -0.3 is 11.1 Å². The Morgan fingerprint density at radius 2 is 2.00 bits per heavy atom. The molecule has 1 saturated carbocycles. The van der Waals surface area contributed by atoms with Crippen LogP contribution < -0.4 is 11.1 Å². The van der Waals surface area contributed by atoms with E-state index in [0.717, 1.165) is 19.3 Å². The molecule has 4 heteroatoms. The normalized spacial score (nSPS) is 29.6. The van der Waals surface area contributed by atoms with E-state index < -0.39 is 0 Å². The Balaban J connectivity index is 1.60. The number of hydrogen-bond acceptors (Lipinski definition) is 3. The zero-order valence-corrected chi connectivity index (χ0v) is 12.5. The van der Waals surface area contributed by atoms with Gasteiger partial charge in [0.15, 0.2) is 0 Å². The van der Waals surface area contributed by atoms with Gasteiger partial charge >= 0.3 is 0 Å². The number of carbonyl (C=O) groups excluding carboxylic acids is 1. The number of nitrogens with two attached hydrogens (primary N) is 1. The van der Waals surface area contributed by atoms with Crippen LogP contribution in [0.1, 0.15) is 37.7 Å². The number of thioether (sulfide) groups is 1. The lowest BCUT2D eigenvalue weighted by Crippen LogP contribution is -2.49. The minimum atomic E-state index is 0.0165. The lowest BCUT2D eigenvalue weighted by Gasteiger charge is -2.24. The third-order valence-corrected chi connectivity index (χ3v) is 5.65. The molecule has 0 spiro atoms. The molecule has 108 valence electrons. The molecular weight excluding hydrogens is 268 g/mol. The van der Waals surface area contributed by atoms with E-state index in [2.05, 4.69) is 17.4 Å². The highest BCUT2D eigenvalue weighted by Gasteiger charge is 2.30. The minimum Gasteiger partial charge on any atom is -0.351 e. The van der Waals surface area contributed by atoms with Gasteiger partial charge in [-0.2, -0.15) is 0 Å². The number of hydrogen-bond donors (Lipinski definition) is 2. The van der Waals surface area contributed by atoms with Crippen molar-refractivity contribution in [2.45, 2.75) is 60.8 Å². The van der Waals surface area contributed by atoms with Crippen molar-refractivity contribution in [2.75, 3.05) is 0 Å². The van der Waals surface area contributed by atoms with Crippen LogP contribution in [0.25, 0.3) is 0 Å². The molecule has 3 rings (SSSR count). The van der Waals surface area contributed by atoms with Gasteiger partial charge in [0.2, 0.25) is 5.91 Å². The summed E-state index contributed by atoms with van der Waals surface area (Å²) in [5.41, 5.74) is 7.48. The molecule has 3 atom stereocenters. The number of rotatable bonds is 2. The zero-order chi connectivity index (χ0) is 13.9. The predicted octanol–water partition coefficient (Wildman–Crippen LogP) is 2.48. The monoisotopic (exact) mass is 290 g/mol. The smallest absolute Gasteiger partial charge is 0.234 e. The molecule has 0 saturated heterocycles. The van der Waals surface area contributed by atoms with Crippen molar-refractivity contribution in [2.24, 2.45) is 5.73 Å². The van der Waals surface area contributed by atoms with Gasteiger partial charge in [-0.05, 0) is 30.9 Å². The van der Waals surface area contributed by atoms with E-state index in [-0.39, 0.29) is 23.2 Å². The molecule has 1 aliphatic carbocycles. The first-order chi connectivity index (χ1) is 9.74. The van der Waals surface area contributed by atoms with Crippen LogP contribution in [0.15, 0.2) is 29.2 Å². The highest BCUT2D eigenvalue weighted by molar-refractivity contribution is 8.01. The molecule has 1 aromatic rings. The van der Waals surface area contributed by atoms with E-state index in [9.17, 15) is 4.79 Å². The van der Waals surface area contributed by atoms with Crippen LogP contribution in [0.2, 0.25) is 0 Å². The van der Waals surface area contributed by atoms with E-state index in [1.807, 2.05) is 12.1 Å². The number of nitrogens with one attached hydrogen (secondary N) is 1. The van der Waals surface area contributed by atoms with Crippen molar-refractivity contribution in [3.05, 3.63) is 29.8 Å². The Morgan fingerprint density at radius 1 is 1.20 bits per heavy atom. The summed E-state index contributed by atoms with van der Waals surface area (Å²) in [5.74, 6) is 0.161. The highest BCUT2D eigenvalue weighted by Crippen LogP contribution is 2.36. The molecule has 3 nitrogen and oxygen atoms in total. The predicted molar refractivity (Wildman–Crippen MR) is 82.8 cm³/mol. The third kappa shape index (κ3) is 3.01. The summed E-state index contributed by atoms with van der Waals surface area (Å²) < 4.78 is 0. The molecule has 1 aromatic carbocycles. The van der Waals surface area contributed by atoms with Crippen LogP contribution in [0.4, 0.5) is 0 Å². The van der Waals surface area contributed by atoms with Crippen molar-refractivity contribution in [1.82, 2.24) is 5.32 Å². The van der Waals surface area contributed by atoms with Crippen LogP contribution in [-0.2, 0) is 11.2 Å². The summed E-state index contributed by atoms with van der Waals surface area (Å²) in [6.45, 7) is 0. The Labute approximate surface area is 124 Å². The van der Waals surface area contributed by atoms with E-state index in [1.165, 1.54) is 29.7 Å². The van der Waals surface area contributed by atoms with Gasteiger partial charge in [-0.3, -0.25) is 4.79 Å².